The Hall–Kier alpha value is -2.07. The summed E-state index contributed by atoms with van der Waals surface area (Å²) < 4.78 is 13.1. The number of benzene rings is 1. The minimum Gasteiger partial charge on any atom is -0.355 e. The van der Waals surface area contributed by atoms with Crippen LogP contribution in [0.5, 0.6) is 0 Å². The molecule has 0 aliphatic heterocycles. The van der Waals surface area contributed by atoms with Crippen LogP contribution in [-0.2, 0) is 0 Å². The van der Waals surface area contributed by atoms with Crippen molar-refractivity contribution in [1.82, 2.24) is 5.32 Å². The van der Waals surface area contributed by atoms with Crippen LogP contribution in [0.15, 0.2) is 23.3 Å². The molecule has 1 rings (SSSR count). The molecule has 0 unspecified atom stereocenters. The van der Waals surface area contributed by atoms with Crippen LogP contribution in [0.4, 0.5) is 10.1 Å². The zero-order valence-electron chi connectivity index (χ0n) is 7.36. The van der Waals surface area contributed by atoms with Crippen molar-refractivity contribution >= 4 is 11.6 Å². The second kappa shape index (κ2) is 4.25. The summed E-state index contributed by atoms with van der Waals surface area (Å²) in [6.07, 6.45) is 0. The maximum atomic E-state index is 13.1. The molecule has 5 nitrogen and oxygen atoms in total. The zero-order chi connectivity index (χ0) is 10.6. The van der Waals surface area contributed by atoms with Gasteiger partial charge in [0.1, 0.15) is 5.82 Å². The van der Waals surface area contributed by atoms with Crippen molar-refractivity contribution in [2.24, 2.45) is 5.11 Å². The van der Waals surface area contributed by atoms with E-state index < -0.39 is 11.7 Å². The van der Waals surface area contributed by atoms with Crippen molar-refractivity contribution in [3.05, 3.63) is 40.0 Å². The first-order valence-electron chi connectivity index (χ1n) is 3.75. The van der Waals surface area contributed by atoms with Crippen LogP contribution in [0.3, 0.4) is 0 Å². The average molecular weight is 194 g/mol. The summed E-state index contributed by atoms with van der Waals surface area (Å²) in [5.74, 6) is -1.21. The second-order valence-electron chi connectivity index (χ2n) is 2.43. The van der Waals surface area contributed by atoms with E-state index in [4.69, 9.17) is 5.53 Å². The summed E-state index contributed by atoms with van der Waals surface area (Å²) in [4.78, 5) is 13.6. The molecule has 6 heteroatoms. The first kappa shape index (κ1) is 10.0. The molecule has 0 saturated heterocycles. The van der Waals surface area contributed by atoms with Crippen LogP contribution < -0.4 is 5.32 Å². The van der Waals surface area contributed by atoms with Crippen molar-refractivity contribution in [1.29, 1.82) is 0 Å². The normalized spacial score (nSPS) is 9.00. The Kier molecular flexibility index (Phi) is 3.04. The Morgan fingerprint density at radius 1 is 1.64 bits per heavy atom. The van der Waals surface area contributed by atoms with Crippen LogP contribution >= 0.6 is 0 Å². The Labute approximate surface area is 79.2 Å². The maximum absolute atomic E-state index is 13.1. The highest BCUT2D eigenvalue weighted by atomic mass is 19.1. The Morgan fingerprint density at radius 3 is 2.93 bits per heavy atom. The molecule has 1 N–H and O–H groups in total. The molecule has 72 valence electrons. The Bertz CT molecular complexity index is 412. The highest BCUT2D eigenvalue weighted by Crippen LogP contribution is 2.17. The maximum Gasteiger partial charge on any atom is 0.254 e. The molecule has 0 spiro atoms. The fourth-order valence-corrected chi connectivity index (χ4v) is 0.936. The van der Waals surface area contributed by atoms with Crippen molar-refractivity contribution in [3.8, 4) is 0 Å². The molecule has 0 aliphatic rings. The number of rotatable bonds is 2. The lowest BCUT2D eigenvalue weighted by atomic mass is 10.2. The second-order valence-corrected chi connectivity index (χ2v) is 2.43. The van der Waals surface area contributed by atoms with Crippen molar-refractivity contribution in [3.63, 3.8) is 0 Å². The number of halogens is 1. The summed E-state index contributed by atoms with van der Waals surface area (Å²) in [5.41, 5.74) is 8.20. The van der Waals surface area contributed by atoms with Gasteiger partial charge in [-0.2, -0.15) is 0 Å². The molecule has 0 atom stereocenters. The van der Waals surface area contributed by atoms with E-state index >= 15 is 0 Å². The number of hydrogen-bond donors (Lipinski definition) is 1. The fraction of sp³-hybridized carbons (Fsp3) is 0.125. The van der Waals surface area contributed by atoms with E-state index in [0.717, 1.165) is 6.07 Å². The summed E-state index contributed by atoms with van der Waals surface area (Å²) in [7, 11) is 1.39. The molecular formula is C8H7FN4O. The van der Waals surface area contributed by atoms with Gasteiger partial charge in [0.25, 0.3) is 5.91 Å². The topological polar surface area (TPSA) is 77.9 Å². The highest BCUT2D eigenvalue weighted by Gasteiger charge is 2.09. The number of carbonyl (C=O) groups excluding carboxylic acids is 1. The lowest BCUT2D eigenvalue weighted by Crippen LogP contribution is -2.19. The van der Waals surface area contributed by atoms with Crippen LogP contribution in [0.1, 0.15) is 10.4 Å². The SMILES string of the molecule is CNC(=O)c1cc(N=[N+]=[N-])ccc1F. The summed E-state index contributed by atoms with van der Waals surface area (Å²) in [5, 5.41) is 5.54. The number of nitrogens with zero attached hydrogens (tertiary/aromatic N) is 3. The predicted molar refractivity (Wildman–Crippen MR) is 48.6 cm³/mol. The third-order valence-corrected chi connectivity index (χ3v) is 1.58. The number of nitrogens with one attached hydrogen (secondary N) is 1. The van der Waals surface area contributed by atoms with Gasteiger partial charge >= 0.3 is 0 Å². The monoisotopic (exact) mass is 194 g/mol. The molecule has 1 amide bonds. The van der Waals surface area contributed by atoms with Gasteiger partial charge in [0.05, 0.1) is 5.56 Å². The molecule has 1 aromatic rings. The first-order chi connectivity index (χ1) is 6.69. The van der Waals surface area contributed by atoms with Gasteiger partial charge in [0.2, 0.25) is 0 Å². The van der Waals surface area contributed by atoms with E-state index in [1.54, 1.807) is 0 Å². The molecule has 0 radical (unpaired) electrons. The summed E-state index contributed by atoms with van der Waals surface area (Å²) >= 11 is 0. The lowest BCUT2D eigenvalue weighted by molar-refractivity contribution is 0.0959. The van der Waals surface area contributed by atoms with Gasteiger partial charge in [-0.05, 0) is 23.7 Å². The van der Waals surface area contributed by atoms with E-state index in [2.05, 4.69) is 15.3 Å². The van der Waals surface area contributed by atoms with Crippen LogP contribution in [0, 0.1) is 5.82 Å². The quantitative estimate of drug-likeness (QED) is 0.437. The van der Waals surface area contributed by atoms with Gasteiger partial charge in [0, 0.05) is 17.6 Å². The molecule has 0 heterocycles. The lowest BCUT2D eigenvalue weighted by Gasteiger charge is -2.01. The van der Waals surface area contributed by atoms with Crippen LogP contribution in [-0.4, -0.2) is 13.0 Å². The standard InChI is InChI=1S/C8H7FN4O/c1-11-8(14)6-4-5(12-13-10)2-3-7(6)9/h2-4H,1H3,(H,11,14). The highest BCUT2D eigenvalue weighted by molar-refractivity contribution is 5.95. The molecule has 0 aliphatic carbocycles. The van der Waals surface area contributed by atoms with E-state index in [0.29, 0.717) is 0 Å². The van der Waals surface area contributed by atoms with E-state index in [-0.39, 0.29) is 11.3 Å². The van der Waals surface area contributed by atoms with Crippen molar-refractivity contribution in [2.45, 2.75) is 0 Å². The Morgan fingerprint density at radius 2 is 2.36 bits per heavy atom. The van der Waals surface area contributed by atoms with E-state index in [1.165, 1.54) is 19.2 Å². The molecule has 1 aromatic carbocycles. The number of amides is 1. The van der Waals surface area contributed by atoms with Crippen LogP contribution in [0.25, 0.3) is 10.4 Å². The molecule has 0 fully saturated rings. The first-order valence-corrected chi connectivity index (χ1v) is 3.75. The van der Waals surface area contributed by atoms with Crippen molar-refractivity contribution in [2.75, 3.05) is 7.05 Å². The number of carbonyl (C=O) groups is 1. The van der Waals surface area contributed by atoms with Gasteiger partial charge in [-0.3, -0.25) is 4.79 Å². The molecule has 0 bridgehead atoms. The van der Waals surface area contributed by atoms with Gasteiger partial charge < -0.3 is 5.32 Å². The van der Waals surface area contributed by atoms with Gasteiger partial charge in [-0.25, -0.2) is 4.39 Å². The Balaban J connectivity index is 3.20. The number of hydrogen-bond acceptors (Lipinski definition) is 2. The average Bonchev–Trinajstić information content (AvgIpc) is 2.20. The fourth-order valence-electron chi connectivity index (χ4n) is 0.936. The molecular weight excluding hydrogens is 187 g/mol. The zero-order valence-corrected chi connectivity index (χ0v) is 7.36. The third-order valence-electron chi connectivity index (χ3n) is 1.58. The largest absolute Gasteiger partial charge is 0.355 e. The predicted octanol–water partition coefficient (Wildman–Crippen LogP) is 2.13. The summed E-state index contributed by atoms with van der Waals surface area (Å²) in [6.45, 7) is 0. The van der Waals surface area contributed by atoms with Crippen molar-refractivity contribution < 1.29 is 9.18 Å². The minimum absolute atomic E-state index is 0.141. The molecule has 14 heavy (non-hydrogen) atoms. The van der Waals surface area contributed by atoms with Gasteiger partial charge in [-0.1, -0.05) is 5.11 Å². The molecule has 0 saturated carbocycles. The van der Waals surface area contributed by atoms with E-state index in [9.17, 15) is 9.18 Å². The molecule has 0 aromatic heterocycles. The van der Waals surface area contributed by atoms with Gasteiger partial charge in [-0.15, -0.1) is 0 Å². The minimum atomic E-state index is -0.652. The summed E-state index contributed by atoms with van der Waals surface area (Å²) in [6, 6.07) is 3.56. The van der Waals surface area contributed by atoms with Gasteiger partial charge in [0.15, 0.2) is 0 Å². The third kappa shape index (κ3) is 1.99. The van der Waals surface area contributed by atoms with E-state index in [1.807, 2.05) is 0 Å². The number of azide groups is 1. The van der Waals surface area contributed by atoms with Crippen LogP contribution in [0.2, 0.25) is 0 Å². The smallest absolute Gasteiger partial charge is 0.254 e.